The summed E-state index contributed by atoms with van der Waals surface area (Å²) >= 11 is 1.39. The number of carbonyl (C=O) groups excluding carboxylic acids is 2. The molecule has 6 nitrogen and oxygen atoms in total. The van der Waals surface area contributed by atoms with Crippen molar-refractivity contribution in [1.29, 1.82) is 0 Å². The second-order valence-corrected chi connectivity index (χ2v) is 5.82. The molecule has 0 aliphatic carbocycles. The third-order valence-corrected chi connectivity index (χ3v) is 3.18. The topological polar surface area (TPSA) is 80.3 Å². The molecule has 0 aromatic carbocycles. The molecule has 19 heavy (non-hydrogen) atoms. The smallest absolute Gasteiger partial charge is 0.407 e. The monoisotopic (exact) mass is 285 g/mol. The molecule has 1 atom stereocenters. The Morgan fingerprint density at radius 1 is 1.47 bits per heavy atom. The molecule has 0 aliphatic heterocycles. The lowest BCUT2D eigenvalue weighted by atomic mass is 10.0. The Morgan fingerprint density at radius 2 is 2.16 bits per heavy atom. The molecule has 0 saturated heterocycles. The molecule has 1 heterocycles. The standard InChI is InChI=1S/C12H19N3O3S/c1-7(2)5-9(14-12(17)18-4)10(16)15-11-13-6-8(3)19-11/h6-7,9H,5H2,1-4H3,(H,14,17)(H,13,15,16)/t9-/m1/s1. The second kappa shape index (κ2) is 7.08. The Bertz CT molecular complexity index is 445. The summed E-state index contributed by atoms with van der Waals surface area (Å²) in [5.74, 6) is -0.0145. The normalized spacial score (nSPS) is 12.1. The number of aryl methyl sites for hydroxylation is 1. The van der Waals surface area contributed by atoms with Gasteiger partial charge in [0.25, 0.3) is 0 Å². The van der Waals surface area contributed by atoms with Gasteiger partial charge < -0.3 is 15.4 Å². The van der Waals surface area contributed by atoms with E-state index in [0.29, 0.717) is 11.6 Å². The number of methoxy groups -OCH3 is 1. The lowest BCUT2D eigenvalue weighted by Gasteiger charge is -2.18. The van der Waals surface area contributed by atoms with Crippen LogP contribution in [0.3, 0.4) is 0 Å². The van der Waals surface area contributed by atoms with Crippen LogP contribution < -0.4 is 10.6 Å². The van der Waals surface area contributed by atoms with Crippen molar-refractivity contribution in [3.05, 3.63) is 11.1 Å². The molecule has 1 rings (SSSR count). The maximum absolute atomic E-state index is 12.1. The SMILES string of the molecule is COC(=O)N[C@H](CC(C)C)C(=O)Nc1ncc(C)s1. The number of anilines is 1. The quantitative estimate of drug-likeness (QED) is 0.868. The Balaban J connectivity index is 2.67. The Labute approximate surface area is 116 Å². The van der Waals surface area contributed by atoms with Crippen molar-refractivity contribution < 1.29 is 14.3 Å². The van der Waals surface area contributed by atoms with Crippen LogP contribution in [0.4, 0.5) is 9.93 Å². The molecule has 0 saturated carbocycles. The fourth-order valence-electron chi connectivity index (χ4n) is 1.51. The molecule has 106 valence electrons. The van der Waals surface area contributed by atoms with Crippen molar-refractivity contribution in [3.8, 4) is 0 Å². The van der Waals surface area contributed by atoms with E-state index in [0.717, 1.165) is 4.88 Å². The number of nitrogens with one attached hydrogen (secondary N) is 2. The van der Waals surface area contributed by atoms with E-state index in [1.54, 1.807) is 6.20 Å². The number of ether oxygens (including phenoxy) is 1. The molecule has 7 heteroatoms. The van der Waals surface area contributed by atoms with E-state index in [1.807, 2.05) is 20.8 Å². The maximum Gasteiger partial charge on any atom is 0.407 e. The lowest BCUT2D eigenvalue weighted by molar-refractivity contribution is -0.118. The largest absolute Gasteiger partial charge is 0.453 e. The number of nitrogens with zero attached hydrogens (tertiary/aromatic N) is 1. The number of rotatable bonds is 5. The Morgan fingerprint density at radius 3 is 2.63 bits per heavy atom. The number of carbonyl (C=O) groups is 2. The fraction of sp³-hybridized carbons (Fsp3) is 0.583. The number of aromatic nitrogens is 1. The first-order valence-corrected chi connectivity index (χ1v) is 6.81. The minimum Gasteiger partial charge on any atom is -0.453 e. The van der Waals surface area contributed by atoms with E-state index in [9.17, 15) is 9.59 Å². The molecular weight excluding hydrogens is 266 g/mol. The van der Waals surface area contributed by atoms with Crippen LogP contribution >= 0.6 is 11.3 Å². The van der Waals surface area contributed by atoms with Crippen LogP contribution in [0.2, 0.25) is 0 Å². The van der Waals surface area contributed by atoms with E-state index in [2.05, 4.69) is 20.4 Å². The van der Waals surface area contributed by atoms with Gasteiger partial charge in [-0.2, -0.15) is 0 Å². The van der Waals surface area contributed by atoms with Gasteiger partial charge in [0.05, 0.1) is 7.11 Å². The Kier molecular flexibility index (Phi) is 5.75. The zero-order valence-electron chi connectivity index (χ0n) is 11.5. The van der Waals surface area contributed by atoms with E-state index >= 15 is 0 Å². The van der Waals surface area contributed by atoms with Crippen LogP contribution in [0, 0.1) is 12.8 Å². The van der Waals surface area contributed by atoms with Gasteiger partial charge >= 0.3 is 6.09 Å². The van der Waals surface area contributed by atoms with Crippen molar-refractivity contribution in [2.75, 3.05) is 12.4 Å². The number of amides is 2. The van der Waals surface area contributed by atoms with Crippen LogP contribution in [0.25, 0.3) is 0 Å². The highest BCUT2D eigenvalue weighted by molar-refractivity contribution is 7.15. The average molecular weight is 285 g/mol. The summed E-state index contributed by atoms with van der Waals surface area (Å²) in [5, 5.41) is 5.75. The van der Waals surface area contributed by atoms with Crippen molar-refractivity contribution in [3.63, 3.8) is 0 Å². The third kappa shape index (κ3) is 5.25. The van der Waals surface area contributed by atoms with Gasteiger partial charge in [-0.25, -0.2) is 9.78 Å². The minimum absolute atomic E-state index is 0.269. The van der Waals surface area contributed by atoms with Crippen molar-refractivity contribution >= 4 is 28.5 Å². The number of hydrogen-bond donors (Lipinski definition) is 2. The highest BCUT2D eigenvalue weighted by atomic mass is 32.1. The molecule has 0 radical (unpaired) electrons. The molecule has 0 spiro atoms. The van der Waals surface area contributed by atoms with Gasteiger partial charge in [-0.3, -0.25) is 4.79 Å². The summed E-state index contributed by atoms with van der Waals surface area (Å²) in [4.78, 5) is 28.4. The summed E-state index contributed by atoms with van der Waals surface area (Å²) < 4.78 is 4.52. The first kappa shape index (κ1) is 15.4. The molecule has 1 aromatic heterocycles. The molecule has 0 unspecified atom stereocenters. The first-order chi connectivity index (χ1) is 8.92. The van der Waals surface area contributed by atoms with Gasteiger partial charge in [-0.05, 0) is 19.3 Å². The third-order valence-electron chi connectivity index (χ3n) is 2.35. The summed E-state index contributed by atoms with van der Waals surface area (Å²) in [7, 11) is 1.27. The lowest BCUT2D eigenvalue weighted by Crippen LogP contribution is -2.44. The molecule has 0 aliphatic rings. The summed E-state index contributed by atoms with van der Waals surface area (Å²) in [5.41, 5.74) is 0. The average Bonchev–Trinajstić information content (AvgIpc) is 2.73. The van der Waals surface area contributed by atoms with Crippen molar-refractivity contribution in [2.24, 2.45) is 5.92 Å². The molecule has 0 fully saturated rings. The molecule has 2 N–H and O–H groups in total. The number of hydrogen-bond acceptors (Lipinski definition) is 5. The van der Waals surface area contributed by atoms with Gasteiger partial charge in [0.15, 0.2) is 5.13 Å². The van der Waals surface area contributed by atoms with Crippen molar-refractivity contribution in [2.45, 2.75) is 33.2 Å². The van der Waals surface area contributed by atoms with Crippen LogP contribution in [0.15, 0.2) is 6.20 Å². The van der Waals surface area contributed by atoms with E-state index in [1.165, 1.54) is 18.4 Å². The summed E-state index contributed by atoms with van der Waals surface area (Å²) in [6, 6.07) is -0.628. The minimum atomic E-state index is -0.628. The summed E-state index contributed by atoms with van der Waals surface area (Å²) in [6.07, 6.45) is 1.60. The molecule has 1 aromatic rings. The van der Waals surface area contributed by atoms with Gasteiger partial charge in [0.1, 0.15) is 6.04 Å². The predicted molar refractivity (Wildman–Crippen MR) is 74.3 cm³/mol. The van der Waals surface area contributed by atoms with Crippen molar-refractivity contribution in [1.82, 2.24) is 10.3 Å². The van der Waals surface area contributed by atoms with Crippen LogP contribution in [0.5, 0.6) is 0 Å². The predicted octanol–water partition coefficient (Wildman–Crippen LogP) is 2.16. The van der Waals surface area contributed by atoms with Crippen LogP contribution in [-0.4, -0.2) is 30.1 Å². The van der Waals surface area contributed by atoms with E-state index in [-0.39, 0.29) is 11.8 Å². The highest BCUT2D eigenvalue weighted by Crippen LogP contribution is 2.17. The van der Waals surface area contributed by atoms with Gasteiger partial charge in [-0.1, -0.05) is 13.8 Å². The molecular formula is C12H19N3O3S. The first-order valence-electron chi connectivity index (χ1n) is 6.00. The van der Waals surface area contributed by atoms with E-state index < -0.39 is 12.1 Å². The van der Waals surface area contributed by atoms with Crippen LogP contribution in [0.1, 0.15) is 25.1 Å². The summed E-state index contributed by atoms with van der Waals surface area (Å²) in [6.45, 7) is 5.87. The highest BCUT2D eigenvalue weighted by Gasteiger charge is 2.23. The van der Waals surface area contributed by atoms with Gasteiger partial charge in [0, 0.05) is 11.1 Å². The van der Waals surface area contributed by atoms with Gasteiger partial charge in [-0.15, -0.1) is 11.3 Å². The van der Waals surface area contributed by atoms with Gasteiger partial charge in [0.2, 0.25) is 5.91 Å². The zero-order valence-corrected chi connectivity index (χ0v) is 12.3. The Hall–Kier alpha value is -1.63. The molecule has 0 bridgehead atoms. The molecule has 2 amide bonds. The fourth-order valence-corrected chi connectivity index (χ4v) is 2.18. The maximum atomic E-state index is 12.1. The van der Waals surface area contributed by atoms with E-state index in [4.69, 9.17) is 0 Å². The zero-order chi connectivity index (χ0) is 14.4. The second-order valence-electron chi connectivity index (χ2n) is 4.58. The number of thiazole rings is 1. The number of alkyl carbamates (subject to hydrolysis) is 1. The van der Waals surface area contributed by atoms with Crippen LogP contribution in [-0.2, 0) is 9.53 Å².